The monoisotopic (exact) mass is 383 g/mol. The van der Waals surface area contributed by atoms with Gasteiger partial charge in [-0.25, -0.2) is 0 Å². The summed E-state index contributed by atoms with van der Waals surface area (Å²) in [4.78, 5) is 17.4. The van der Waals surface area contributed by atoms with E-state index in [4.69, 9.17) is 17.0 Å². The van der Waals surface area contributed by atoms with Crippen LogP contribution in [0.4, 0.5) is 0 Å². The standard InChI is InChI=1S/C19H13NO2S3/c21-18-14-13(11-8-4-5-9-12(11)22-18)16-17(20-19(23)25-16)24-15(14)10-6-2-1-3-7-10/h1-9,13-15H,(H,20,23). The van der Waals surface area contributed by atoms with Crippen molar-refractivity contribution in [2.75, 3.05) is 0 Å². The smallest absolute Gasteiger partial charge is 0.316 e. The number of aromatic amines is 1. The number of rotatable bonds is 1. The summed E-state index contributed by atoms with van der Waals surface area (Å²) in [6, 6.07) is 18.0. The minimum atomic E-state index is -0.253. The molecule has 0 saturated carbocycles. The minimum absolute atomic E-state index is 0.000180. The van der Waals surface area contributed by atoms with Gasteiger partial charge in [-0.15, -0.1) is 11.3 Å². The fourth-order valence-corrected chi connectivity index (χ4v) is 6.71. The van der Waals surface area contributed by atoms with Gasteiger partial charge in [0.2, 0.25) is 0 Å². The third kappa shape index (κ3) is 2.39. The summed E-state index contributed by atoms with van der Waals surface area (Å²) in [6.45, 7) is 0. The highest BCUT2D eigenvalue weighted by atomic mass is 32.2. The van der Waals surface area contributed by atoms with Crippen molar-refractivity contribution in [2.24, 2.45) is 5.92 Å². The molecule has 0 aliphatic carbocycles. The second kappa shape index (κ2) is 5.83. The fourth-order valence-electron chi connectivity index (χ4n) is 3.68. The number of benzene rings is 2. The first-order valence-corrected chi connectivity index (χ1v) is 10.1. The van der Waals surface area contributed by atoms with E-state index in [1.807, 2.05) is 36.4 Å². The van der Waals surface area contributed by atoms with E-state index in [9.17, 15) is 4.79 Å². The molecule has 25 heavy (non-hydrogen) atoms. The molecule has 3 atom stereocenters. The molecule has 3 unspecified atom stereocenters. The van der Waals surface area contributed by atoms with Crippen LogP contribution in [0.25, 0.3) is 0 Å². The van der Waals surface area contributed by atoms with Crippen molar-refractivity contribution in [3.63, 3.8) is 0 Å². The van der Waals surface area contributed by atoms with E-state index in [2.05, 4.69) is 23.2 Å². The number of H-pyrrole nitrogens is 1. The number of fused-ring (bicyclic) bond motifs is 5. The maximum Gasteiger partial charge on any atom is 0.316 e. The van der Waals surface area contributed by atoms with E-state index in [1.54, 1.807) is 23.1 Å². The second-order valence-electron chi connectivity index (χ2n) is 6.12. The lowest BCUT2D eigenvalue weighted by molar-refractivity contribution is -0.140. The molecule has 0 amide bonds. The average molecular weight is 384 g/mol. The second-order valence-corrected chi connectivity index (χ2v) is 8.99. The van der Waals surface area contributed by atoms with Crippen LogP contribution in [0.1, 0.15) is 27.2 Å². The Labute approximate surface area is 158 Å². The highest BCUT2D eigenvalue weighted by Crippen LogP contribution is 2.59. The van der Waals surface area contributed by atoms with E-state index in [0.29, 0.717) is 5.75 Å². The molecule has 1 N–H and O–H groups in total. The predicted octanol–water partition coefficient (Wildman–Crippen LogP) is 5.32. The van der Waals surface area contributed by atoms with Crippen LogP contribution < -0.4 is 4.74 Å². The van der Waals surface area contributed by atoms with Crippen LogP contribution >= 0.6 is 35.3 Å². The summed E-state index contributed by atoms with van der Waals surface area (Å²) in [6.07, 6.45) is 0. The number of hydrogen-bond acceptors (Lipinski definition) is 5. The lowest BCUT2D eigenvalue weighted by Gasteiger charge is -2.39. The molecular weight excluding hydrogens is 370 g/mol. The van der Waals surface area contributed by atoms with Crippen molar-refractivity contribution in [2.45, 2.75) is 16.2 Å². The molecule has 0 saturated heterocycles. The van der Waals surface area contributed by atoms with E-state index in [1.165, 1.54) is 0 Å². The molecule has 6 heteroatoms. The SMILES string of the molecule is O=C1Oc2ccccc2C2c3sc(=S)[nH]c3SC(c3ccccc3)C12. The van der Waals surface area contributed by atoms with Crippen LogP contribution in [-0.4, -0.2) is 11.0 Å². The van der Waals surface area contributed by atoms with Gasteiger partial charge in [0.15, 0.2) is 3.95 Å². The van der Waals surface area contributed by atoms with Crippen molar-refractivity contribution in [1.29, 1.82) is 0 Å². The van der Waals surface area contributed by atoms with Crippen LogP contribution in [-0.2, 0) is 4.79 Å². The normalized spacial score (nSPS) is 24.0. The molecule has 0 radical (unpaired) electrons. The summed E-state index contributed by atoms with van der Waals surface area (Å²) in [5.74, 6) is 0.237. The Balaban J connectivity index is 1.75. The van der Waals surface area contributed by atoms with Crippen LogP contribution in [0.2, 0.25) is 0 Å². The van der Waals surface area contributed by atoms with Crippen LogP contribution in [0.5, 0.6) is 5.75 Å². The van der Waals surface area contributed by atoms with Gasteiger partial charge in [0.1, 0.15) is 5.75 Å². The molecule has 2 aromatic carbocycles. The Bertz CT molecular complexity index is 1020. The highest BCUT2D eigenvalue weighted by molar-refractivity contribution is 7.99. The average Bonchev–Trinajstić information content (AvgIpc) is 3.01. The van der Waals surface area contributed by atoms with Crippen molar-refractivity contribution < 1.29 is 9.53 Å². The Morgan fingerprint density at radius 3 is 2.64 bits per heavy atom. The zero-order valence-corrected chi connectivity index (χ0v) is 15.4. The fraction of sp³-hybridized carbons (Fsp3) is 0.158. The summed E-state index contributed by atoms with van der Waals surface area (Å²) < 4.78 is 6.44. The molecule has 3 aromatic rings. The van der Waals surface area contributed by atoms with Gasteiger partial charge in [0.25, 0.3) is 0 Å². The topological polar surface area (TPSA) is 42.1 Å². The molecule has 124 valence electrons. The first-order chi connectivity index (χ1) is 12.2. The number of nitrogens with one attached hydrogen (secondary N) is 1. The van der Waals surface area contributed by atoms with Gasteiger partial charge in [0.05, 0.1) is 16.2 Å². The molecule has 0 spiro atoms. The number of hydrogen-bond donors (Lipinski definition) is 1. The molecule has 2 aliphatic heterocycles. The zero-order chi connectivity index (χ0) is 17.0. The van der Waals surface area contributed by atoms with Gasteiger partial charge in [-0.05, 0) is 23.8 Å². The van der Waals surface area contributed by atoms with Crippen molar-refractivity contribution in [3.05, 3.63) is 74.6 Å². The van der Waals surface area contributed by atoms with Crippen LogP contribution in [0, 0.1) is 9.87 Å². The Hall–Kier alpha value is -1.89. The highest BCUT2D eigenvalue weighted by Gasteiger charge is 2.49. The number of carbonyl (C=O) groups excluding carboxylic acids is 1. The third-order valence-corrected chi connectivity index (χ3v) is 7.54. The van der Waals surface area contributed by atoms with Gasteiger partial charge in [-0.2, -0.15) is 0 Å². The van der Waals surface area contributed by atoms with Gasteiger partial charge in [0, 0.05) is 16.4 Å². The number of para-hydroxylation sites is 1. The molecule has 0 bridgehead atoms. The summed E-state index contributed by atoms with van der Waals surface area (Å²) in [7, 11) is 0. The van der Waals surface area contributed by atoms with E-state index >= 15 is 0 Å². The molecular formula is C19H13NO2S3. The number of carbonyl (C=O) groups is 1. The van der Waals surface area contributed by atoms with Crippen LogP contribution in [0.15, 0.2) is 59.6 Å². The summed E-state index contributed by atoms with van der Waals surface area (Å²) in [5.41, 5.74) is 2.20. The Morgan fingerprint density at radius 2 is 1.80 bits per heavy atom. The largest absolute Gasteiger partial charge is 0.426 e. The Kier molecular flexibility index (Phi) is 3.58. The van der Waals surface area contributed by atoms with E-state index in [0.717, 1.165) is 25.0 Å². The number of thioether (sulfide) groups is 1. The van der Waals surface area contributed by atoms with Gasteiger partial charge in [-0.1, -0.05) is 60.3 Å². The number of thiazole rings is 1. The van der Waals surface area contributed by atoms with Gasteiger partial charge < -0.3 is 9.72 Å². The first-order valence-electron chi connectivity index (χ1n) is 7.97. The van der Waals surface area contributed by atoms with Crippen molar-refractivity contribution >= 4 is 41.3 Å². The number of aromatic nitrogens is 1. The maximum absolute atomic E-state index is 12.9. The summed E-state index contributed by atoms with van der Waals surface area (Å²) >= 11 is 8.64. The van der Waals surface area contributed by atoms with Gasteiger partial charge in [-0.3, -0.25) is 4.79 Å². The Morgan fingerprint density at radius 1 is 1.04 bits per heavy atom. The zero-order valence-electron chi connectivity index (χ0n) is 13.0. The molecule has 1 aromatic heterocycles. The maximum atomic E-state index is 12.9. The van der Waals surface area contributed by atoms with Crippen molar-refractivity contribution in [1.82, 2.24) is 4.98 Å². The molecule has 3 heterocycles. The molecule has 0 fully saturated rings. The minimum Gasteiger partial charge on any atom is -0.426 e. The van der Waals surface area contributed by atoms with Gasteiger partial charge >= 0.3 is 5.97 Å². The predicted molar refractivity (Wildman–Crippen MR) is 102 cm³/mol. The lowest BCUT2D eigenvalue weighted by atomic mass is 9.78. The third-order valence-electron chi connectivity index (χ3n) is 4.72. The quantitative estimate of drug-likeness (QED) is 0.351. The number of esters is 1. The molecule has 3 nitrogen and oxygen atoms in total. The van der Waals surface area contributed by atoms with Crippen LogP contribution in [0.3, 0.4) is 0 Å². The number of ether oxygens (including phenoxy) is 1. The van der Waals surface area contributed by atoms with E-state index in [-0.39, 0.29) is 23.1 Å². The van der Waals surface area contributed by atoms with E-state index < -0.39 is 0 Å². The lowest BCUT2D eigenvalue weighted by Crippen LogP contribution is -2.37. The first kappa shape index (κ1) is 15.4. The summed E-state index contributed by atoms with van der Waals surface area (Å²) in [5, 5.41) is 1.08. The molecule has 5 rings (SSSR count). The van der Waals surface area contributed by atoms with Crippen molar-refractivity contribution in [3.8, 4) is 5.75 Å². The molecule has 2 aliphatic rings.